The smallest absolute Gasteiger partial charge is 0.220 e. The third-order valence-electron chi connectivity index (χ3n) is 5.01. The Labute approximate surface area is 165 Å². The predicted octanol–water partition coefficient (Wildman–Crippen LogP) is 2.96. The summed E-state index contributed by atoms with van der Waals surface area (Å²) in [6.07, 6.45) is 0.839. The Hall–Kier alpha value is -2.44. The van der Waals surface area contributed by atoms with E-state index in [0.717, 1.165) is 30.0 Å². The van der Waals surface area contributed by atoms with Crippen molar-refractivity contribution >= 4 is 5.91 Å². The number of nitrogens with zero attached hydrogens (tertiary/aromatic N) is 1. The van der Waals surface area contributed by atoms with Crippen molar-refractivity contribution in [1.82, 2.24) is 10.2 Å². The van der Waals surface area contributed by atoms with Gasteiger partial charge in [-0.2, -0.15) is 0 Å². The molecule has 5 nitrogen and oxygen atoms in total. The van der Waals surface area contributed by atoms with E-state index in [0.29, 0.717) is 32.6 Å². The van der Waals surface area contributed by atoms with Gasteiger partial charge in [0, 0.05) is 31.6 Å². The van der Waals surface area contributed by atoms with E-state index < -0.39 is 0 Å². The molecule has 0 bridgehead atoms. The molecule has 1 heterocycles. The molecule has 1 aliphatic rings. The normalized spacial score (nSPS) is 15.8. The molecule has 2 aromatic carbocycles. The third kappa shape index (κ3) is 5.53. The molecule has 2 aromatic rings. The number of aryl methyl sites for hydroxylation is 1. The van der Waals surface area contributed by atoms with E-state index in [1.165, 1.54) is 12.1 Å². The van der Waals surface area contributed by atoms with Crippen molar-refractivity contribution in [3.8, 4) is 5.75 Å². The minimum atomic E-state index is -0.276. The van der Waals surface area contributed by atoms with E-state index in [1.54, 1.807) is 13.2 Å². The topological polar surface area (TPSA) is 50.8 Å². The monoisotopic (exact) mass is 386 g/mol. The molecule has 6 heteroatoms. The summed E-state index contributed by atoms with van der Waals surface area (Å²) in [5.41, 5.74) is 1.88. The fourth-order valence-electron chi connectivity index (χ4n) is 3.52. The van der Waals surface area contributed by atoms with Gasteiger partial charge < -0.3 is 14.8 Å². The number of benzene rings is 2. The molecule has 1 fully saturated rings. The second-order valence-corrected chi connectivity index (χ2v) is 6.84. The van der Waals surface area contributed by atoms with Gasteiger partial charge in [-0.3, -0.25) is 9.69 Å². The van der Waals surface area contributed by atoms with Crippen LogP contribution < -0.4 is 10.1 Å². The summed E-state index contributed by atoms with van der Waals surface area (Å²) in [5.74, 6) is 0.492. The highest BCUT2D eigenvalue weighted by Gasteiger charge is 2.25. The van der Waals surface area contributed by atoms with Crippen LogP contribution in [0.1, 0.15) is 23.6 Å². The molecular formula is C22H27FN2O3. The molecule has 1 unspecified atom stereocenters. The van der Waals surface area contributed by atoms with Crippen molar-refractivity contribution in [3.05, 3.63) is 65.5 Å². The largest absolute Gasteiger partial charge is 0.496 e. The molecule has 0 radical (unpaired) electrons. The van der Waals surface area contributed by atoms with E-state index in [-0.39, 0.29) is 17.8 Å². The second-order valence-electron chi connectivity index (χ2n) is 6.84. The maximum absolute atomic E-state index is 13.3. The van der Waals surface area contributed by atoms with Gasteiger partial charge in [0.15, 0.2) is 0 Å². The number of hydrogen-bond acceptors (Lipinski definition) is 4. The first kappa shape index (κ1) is 20.3. The maximum atomic E-state index is 13.3. The van der Waals surface area contributed by atoms with E-state index in [4.69, 9.17) is 9.47 Å². The number of para-hydroxylation sites is 1. The van der Waals surface area contributed by atoms with Crippen LogP contribution in [-0.4, -0.2) is 50.8 Å². The summed E-state index contributed by atoms with van der Waals surface area (Å²) in [5, 5.41) is 3.04. The number of carbonyl (C=O) groups is 1. The Bertz CT molecular complexity index is 778. The number of hydrogen-bond donors (Lipinski definition) is 1. The Morgan fingerprint density at radius 2 is 2.00 bits per heavy atom. The van der Waals surface area contributed by atoms with Crippen molar-refractivity contribution in [2.75, 3.05) is 40.0 Å². The van der Waals surface area contributed by atoms with Gasteiger partial charge in [-0.05, 0) is 30.2 Å². The number of rotatable bonds is 8. The molecular weight excluding hydrogens is 359 g/mol. The van der Waals surface area contributed by atoms with Gasteiger partial charge in [0.1, 0.15) is 11.6 Å². The van der Waals surface area contributed by atoms with Gasteiger partial charge in [-0.25, -0.2) is 4.39 Å². The number of nitrogens with one attached hydrogen (secondary N) is 1. The number of carbonyl (C=O) groups excluding carboxylic acids is 1. The highest BCUT2D eigenvalue weighted by atomic mass is 19.1. The van der Waals surface area contributed by atoms with Crippen LogP contribution in [0.25, 0.3) is 0 Å². The van der Waals surface area contributed by atoms with Crippen LogP contribution in [0, 0.1) is 5.82 Å². The molecule has 0 aromatic heterocycles. The minimum absolute atomic E-state index is 0.0122. The summed E-state index contributed by atoms with van der Waals surface area (Å²) < 4.78 is 24.3. The van der Waals surface area contributed by atoms with Gasteiger partial charge >= 0.3 is 0 Å². The Morgan fingerprint density at radius 3 is 2.75 bits per heavy atom. The van der Waals surface area contributed by atoms with Crippen LogP contribution in [0.15, 0.2) is 48.5 Å². The van der Waals surface area contributed by atoms with Gasteiger partial charge in [-0.15, -0.1) is 0 Å². The lowest BCUT2D eigenvalue weighted by Gasteiger charge is -2.35. The van der Waals surface area contributed by atoms with Crippen LogP contribution in [0.4, 0.5) is 4.39 Å². The number of amides is 1. The van der Waals surface area contributed by atoms with Crippen molar-refractivity contribution < 1.29 is 18.7 Å². The molecule has 0 aliphatic carbocycles. The van der Waals surface area contributed by atoms with Crippen LogP contribution in [0.3, 0.4) is 0 Å². The van der Waals surface area contributed by atoms with Crippen molar-refractivity contribution in [3.63, 3.8) is 0 Å². The second kappa shape index (κ2) is 10.2. The third-order valence-corrected chi connectivity index (χ3v) is 5.01. The Kier molecular flexibility index (Phi) is 7.39. The molecule has 28 heavy (non-hydrogen) atoms. The first-order valence-electron chi connectivity index (χ1n) is 9.63. The standard InChI is InChI=1S/C22H27FN2O3/c1-27-21-8-3-2-7-19(21)20(25-11-13-28-14-12-25)16-24-22(26)10-9-17-5-4-6-18(23)15-17/h2-8,15,20H,9-14,16H2,1H3,(H,24,26). The average Bonchev–Trinajstić information content (AvgIpc) is 2.73. The molecule has 3 rings (SSSR count). The summed E-state index contributed by atoms with van der Waals surface area (Å²) in [6.45, 7) is 3.46. The minimum Gasteiger partial charge on any atom is -0.496 e. The van der Waals surface area contributed by atoms with Gasteiger partial charge in [-0.1, -0.05) is 30.3 Å². The number of morpholine rings is 1. The molecule has 1 amide bonds. The molecule has 1 saturated heterocycles. The van der Waals surface area contributed by atoms with E-state index in [2.05, 4.69) is 10.2 Å². The van der Waals surface area contributed by atoms with Crippen molar-refractivity contribution in [2.45, 2.75) is 18.9 Å². The highest BCUT2D eigenvalue weighted by molar-refractivity contribution is 5.76. The van der Waals surface area contributed by atoms with Gasteiger partial charge in [0.25, 0.3) is 0 Å². The SMILES string of the molecule is COc1ccccc1C(CNC(=O)CCc1cccc(F)c1)N1CCOCC1. The summed E-state index contributed by atoms with van der Waals surface area (Å²) in [4.78, 5) is 14.7. The fraction of sp³-hybridized carbons (Fsp3) is 0.409. The maximum Gasteiger partial charge on any atom is 0.220 e. The first-order chi connectivity index (χ1) is 13.7. The molecule has 1 aliphatic heterocycles. The van der Waals surface area contributed by atoms with E-state index in [9.17, 15) is 9.18 Å². The summed E-state index contributed by atoms with van der Waals surface area (Å²) in [7, 11) is 1.66. The lowest BCUT2D eigenvalue weighted by molar-refractivity contribution is -0.121. The molecule has 150 valence electrons. The molecule has 0 spiro atoms. The number of ether oxygens (including phenoxy) is 2. The van der Waals surface area contributed by atoms with Gasteiger partial charge in [0.05, 0.1) is 26.4 Å². The molecule has 1 N–H and O–H groups in total. The molecule has 0 saturated carbocycles. The fourth-order valence-corrected chi connectivity index (χ4v) is 3.52. The van der Waals surface area contributed by atoms with E-state index >= 15 is 0 Å². The summed E-state index contributed by atoms with van der Waals surface area (Å²) in [6, 6.07) is 14.3. The quantitative estimate of drug-likeness (QED) is 0.758. The zero-order valence-electron chi connectivity index (χ0n) is 16.2. The lowest BCUT2D eigenvalue weighted by atomic mass is 10.0. The Balaban J connectivity index is 1.63. The van der Waals surface area contributed by atoms with Crippen LogP contribution in [-0.2, 0) is 16.0 Å². The highest BCUT2D eigenvalue weighted by Crippen LogP contribution is 2.29. The van der Waals surface area contributed by atoms with Crippen molar-refractivity contribution in [1.29, 1.82) is 0 Å². The van der Waals surface area contributed by atoms with Gasteiger partial charge in [0.2, 0.25) is 5.91 Å². The zero-order valence-corrected chi connectivity index (χ0v) is 16.2. The average molecular weight is 386 g/mol. The zero-order chi connectivity index (χ0) is 19.8. The number of halogens is 1. The predicted molar refractivity (Wildman–Crippen MR) is 106 cm³/mol. The van der Waals surface area contributed by atoms with Crippen LogP contribution >= 0.6 is 0 Å². The first-order valence-corrected chi connectivity index (χ1v) is 9.63. The lowest BCUT2D eigenvalue weighted by Crippen LogP contribution is -2.44. The Morgan fingerprint density at radius 1 is 1.21 bits per heavy atom. The van der Waals surface area contributed by atoms with Crippen LogP contribution in [0.5, 0.6) is 5.75 Å². The molecule has 1 atom stereocenters. The number of methoxy groups -OCH3 is 1. The van der Waals surface area contributed by atoms with E-state index in [1.807, 2.05) is 30.3 Å². The summed E-state index contributed by atoms with van der Waals surface area (Å²) >= 11 is 0. The van der Waals surface area contributed by atoms with Crippen LogP contribution in [0.2, 0.25) is 0 Å². The van der Waals surface area contributed by atoms with Crippen molar-refractivity contribution in [2.24, 2.45) is 0 Å².